The highest BCUT2D eigenvalue weighted by atomic mass is 15.3. The van der Waals surface area contributed by atoms with Crippen LogP contribution in [0.2, 0.25) is 0 Å². The number of hydrogen-bond donors (Lipinski definition) is 0. The monoisotopic (exact) mass is 282 g/mol. The van der Waals surface area contributed by atoms with Gasteiger partial charge in [-0.3, -0.25) is 0 Å². The van der Waals surface area contributed by atoms with Gasteiger partial charge in [0.1, 0.15) is 0 Å². The van der Waals surface area contributed by atoms with Crippen molar-refractivity contribution in [2.24, 2.45) is 0 Å². The van der Waals surface area contributed by atoms with Crippen LogP contribution in [0.3, 0.4) is 0 Å². The lowest BCUT2D eigenvalue weighted by molar-refractivity contribution is 0.201. The van der Waals surface area contributed by atoms with E-state index < -0.39 is 0 Å². The first-order valence-electron chi connectivity index (χ1n) is 8.89. The number of nitrogens with zero attached hydrogens (tertiary/aromatic N) is 2. The highest BCUT2D eigenvalue weighted by molar-refractivity contribution is 4.94. The Kier molecular flexibility index (Phi) is 12.9. The summed E-state index contributed by atoms with van der Waals surface area (Å²) in [6.07, 6.45) is 10.2. The summed E-state index contributed by atoms with van der Waals surface area (Å²) in [6, 6.07) is 0. The SMILES string of the molecule is C=C(N(CCCC)CCCC)N(CCCC)CCCC. The first kappa shape index (κ1) is 19.3. The molecule has 2 nitrogen and oxygen atoms in total. The minimum atomic E-state index is 1.17. The van der Waals surface area contributed by atoms with Crippen molar-refractivity contribution in [1.82, 2.24) is 9.80 Å². The van der Waals surface area contributed by atoms with Gasteiger partial charge in [0.2, 0.25) is 0 Å². The van der Waals surface area contributed by atoms with Gasteiger partial charge in [0, 0.05) is 26.2 Å². The molecule has 0 N–H and O–H groups in total. The summed E-state index contributed by atoms with van der Waals surface area (Å²) in [6.45, 7) is 18.2. The van der Waals surface area contributed by atoms with Crippen LogP contribution in [0.25, 0.3) is 0 Å². The van der Waals surface area contributed by atoms with Crippen molar-refractivity contribution in [3.8, 4) is 0 Å². The highest BCUT2D eigenvalue weighted by Crippen LogP contribution is 2.14. The molecule has 0 rings (SSSR count). The third kappa shape index (κ3) is 8.50. The molecule has 0 fully saturated rings. The second-order valence-electron chi connectivity index (χ2n) is 5.80. The van der Waals surface area contributed by atoms with Gasteiger partial charge in [0.15, 0.2) is 0 Å². The molecule has 0 amide bonds. The lowest BCUT2D eigenvalue weighted by Gasteiger charge is -2.35. The fourth-order valence-corrected chi connectivity index (χ4v) is 2.34. The maximum Gasteiger partial charge on any atom is 0.0965 e. The molecule has 0 aromatic carbocycles. The fourth-order valence-electron chi connectivity index (χ4n) is 2.34. The van der Waals surface area contributed by atoms with Crippen molar-refractivity contribution in [2.75, 3.05) is 26.2 Å². The third-order valence-corrected chi connectivity index (χ3v) is 3.86. The molecule has 0 heterocycles. The Morgan fingerprint density at radius 1 is 0.600 bits per heavy atom. The van der Waals surface area contributed by atoms with E-state index in [9.17, 15) is 0 Å². The van der Waals surface area contributed by atoms with Crippen LogP contribution in [-0.2, 0) is 0 Å². The summed E-state index contributed by atoms with van der Waals surface area (Å²) < 4.78 is 0. The van der Waals surface area contributed by atoms with Crippen LogP contribution < -0.4 is 0 Å². The van der Waals surface area contributed by atoms with Gasteiger partial charge in [-0.1, -0.05) is 60.0 Å². The van der Waals surface area contributed by atoms with Crippen LogP contribution >= 0.6 is 0 Å². The van der Waals surface area contributed by atoms with Crippen molar-refractivity contribution in [1.29, 1.82) is 0 Å². The van der Waals surface area contributed by atoms with Crippen LogP contribution in [0.15, 0.2) is 12.4 Å². The fraction of sp³-hybridized carbons (Fsp3) is 0.889. The maximum atomic E-state index is 4.42. The van der Waals surface area contributed by atoms with Crippen LogP contribution in [0.5, 0.6) is 0 Å². The van der Waals surface area contributed by atoms with Crippen LogP contribution in [-0.4, -0.2) is 36.0 Å². The quantitative estimate of drug-likeness (QED) is 0.428. The average Bonchev–Trinajstić information content (AvgIpc) is 2.47. The lowest BCUT2D eigenvalue weighted by Crippen LogP contribution is -2.37. The predicted molar refractivity (Wildman–Crippen MR) is 91.9 cm³/mol. The summed E-state index contributed by atoms with van der Waals surface area (Å²) in [5.41, 5.74) is 0. The van der Waals surface area contributed by atoms with Crippen LogP contribution in [0, 0.1) is 0 Å². The first-order valence-corrected chi connectivity index (χ1v) is 8.89. The van der Waals surface area contributed by atoms with Crippen molar-refractivity contribution < 1.29 is 0 Å². The molecule has 120 valence electrons. The molecule has 0 saturated carbocycles. The predicted octanol–water partition coefficient (Wildman–Crippen LogP) is 5.26. The van der Waals surface area contributed by atoms with Crippen molar-refractivity contribution in [3.05, 3.63) is 12.4 Å². The number of hydrogen-bond acceptors (Lipinski definition) is 2. The summed E-state index contributed by atoms with van der Waals surface area (Å²) in [7, 11) is 0. The average molecular weight is 283 g/mol. The van der Waals surface area contributed by atoms with E-state index in [1.54, 1.807) is 0 Å². The van der Waals surface area contributed by atoms with Crippen LogP contribution in [0.4, 0.5) is 0 Å². The summed E-state index contributed by atoms with van der Waals surface area (Å²) >= 11 is 0. The zero-order valence-electron chi connectivity index (χ0n) is 14.6. The molecule has 0 aromatic heterocycles. The van der Waals surface area contributed by atoms with E-state index in [-0.39, 0.29) is 0 Å². The Balaban J connectivity index is 4.54. The van der Waals surface area contributed by atoms with E-state index in [2.05, 4.69) is 44.1 Å². The molecule has 0 aromatic rings. The molecule has 0 spiro atoms. The molecular formula is C18H38N2. The van der Waals surface area contributed by atoms with Gasteiger partial charge < -0.3 is 9.80 Å². The molecule has 0 atom stereocenters. The standard InChI is InChI=1S/C18H38N2/c1-6-10-14-19(15-11-7-2)18(5)20(16-12-8-3)17-13-9-4/h5-17H2,1-4H3. The molecule has 0 bridgehead atoms. The smallest absolute Gasteiger partial charge is 0.0965 e. The first-order chi connectivity index (χ1) is 9.71. The van der Waals surface area contributed by atoms with Crippen molar-refractivity contribution >= 4 is 0 Å². The van der Waals surface area contributed by atoms with Gasteiger partial charge in [-0.05, 0) is 25.7 Å². The Morgan fingerprint density at radius 2 is 0.850 bits per heavy atom. The third-order valence-electron chi connectivity index (χ3n) is 3.86. The van der Waals surface area contributed by atoms with Gasteiger partial charge in [0.05, 0.1) is 5.82 Å². The van der Waals surface area contributed by atoms with Crippen molar-refractivity contribution in [2.45, 2.75) is 79.1 Å². The van der Waals surface area contributed by atoms with Gasteiger partial charge in [-0.25, -0.2) is 0 Å². The molecule has 20 heavy (non-hydrogen) atoms. The van der Waals surface area contributed by atoms with E-state index in [0.717, 1.165) is 0 Å². The molecule has 0 aliphatic carbocycles. The normalized spacial score (nSPS) is 10.6. The minimum Gasteiger partial charge on any atom is -0.359 e. The summed E-state index contributed by atoms with van der Waals surface area (Å²) in [4.78, 5) is 5.05. The van der Waals surface area contributed by atoms with Gasteiger partial charge in [-0.15, -0.1) is 0 Å². The maximum absolute atomic E-state index is 4.42. The number of unbranched alkanes of at least 4 members (excludes halogenated alkanes) is 4. The molecule has 0 aliphatic heterocycles. The Morgan fingerprint density at radius 3 is 1.05 bits per heavy atom. The minimum absolute atomic E-state index is 1.17. The van der Waals surface area contributed by atoms with Crippen LogP contribution in [0.1, 0.15) is 79.1 Å². The molecule has 0 aliphatic rings. The highest BCUT2D eigenvalue weighted by Gasteiger charge is 2.13. The Hall–Kier alpha value is -0.660. The van der Waals surface area contributed by atoms with E-state index in [1.807, 2.05) is 0 Å². The Bertz CT molecular complexity index is 187. The molecule has 0 unspecified atom stereocenters. The zero-order chi connectivity index (χ0) is 15.2. The molecule has 0 radical (unpaired) electrons. The Labute approximate surface area is 128 Å². The summed E-state index contributed by atoms with van der Waals surface area (Å²) in [5, 5.41) is 0. The summed E-state index contributed by atoms with van der Waals surface area (Å²) in [5.74, 6) is 1.27. The van der Waals surface area contributed by atoms with Gasteiger partial charge >= 0.3 is 0 Å². The van der Waals surface area contributed by atoms with E-state index in [4.69, 9.17) is 0 Å². The van der Waals surface area contributed by atoms with Gasteiger partial charge in [-0.2, -0.15) is 0 Å². The number of rotatable bonds is 14. The lowest BCUT2D eigenvalue weighted by atomic mass is 10.2. The van der Waals surface area contributed by atoms with Gasteiger partial charge in [0.25, 0.3) is 0 Å². The van der Waals surface area contributed by atoms with E-state index in [0.29, 0.717) is 0 Å². The largest absolute Gasteiger partial charge is 0.359 e. The topological polar surface area (TPSA) is 6.48 Å². The molecule has 2 heteroatoms. The second kappa shape index (κ2) is 13.3. The second-order valence-corrected chi connectivity index (χ2v) is 5.80. The van der Waals surface area contributed by atoms with E-state index in [1.165, 1.54) is 83.4 Å². The van der Waals surface area contributed by atoms with E-state index >= 15 is 0 Å². The zero-order valence-corrected chi connectivity index (χ0v) is 14.6. The molecular weight excluding hydrogens is 244 g/mol. The van der Waals surface area contributed by atoms with Crippen molar-refractivity contribution in [3.63, 3.8) is 0 Å². The molecule has 0 saturated heterocycles.